The van der Waals surface area contributed by atoms with E-state index in [4.69, 9.17) is 5.73 Å². The molecular weight excluding hydrogens is 351 g/mol. The average Bonchev–Trinajstić information content (AvgIpc) is 2.60. The molecule has 1 aromatic carbocycles. The Hall–Kier alpha value is -1.20. The molecule has 0 heterocycles. The second-order valence-electron chi connectivity index (χ2n) is 7.41. The van der Waals surface area contributed by atoms with E-state index in [1.807, 2.05) is 30.3 Å². The standard InChI is InChI=1S/C19H31N2O4P/c20-18(11-15-7-3-1-4-8-15)19(23)21-12-17(22)14-26(24,25)13-16-9-5-2-6-10-16/h1,3-4,7-8,16-18,22H,2,5-6,9-14,20H2,(H,21,23)(H,24,25)/t17-,18+/m1/s1. The first-order valence-electron chi connectivity index (χ1n) is 9.42. The molecule has 1 amide bonds. The van der Waals surface area contributed by atoms with Crippen LogP contribution in [-0.2, 0) is 15.8 Å². The van der Waals surface area contributed by atoms with Crippen LogP contribution in [0.3, 0.4) is 0 Å². The van der Waals surface area contributed by atoms with Gasteiger partial charge in [0, 0.05) is 12.7 Å². The van der Waals surface area contributed by atoms with Crippen LogP contribution < -0.4 is 11.1 Å². The summed E-state index contributed by atoms with van der Waals surface area (Å²) in [6, 6.07) is 8.74. The molecule has 6 nitrogen and oxygen atoms in total. The highest BCUT2D eigenvalue weighted by Gasteiger charge is 2.28. The first kappa shape index (κ1) is 21.1. The van der Waals surface area contributed by atoms with Gasteiger partial charge in [-0.05, 0) is 30.7 Å². The largest absolute Gasteiger partial charge is 0.391 e. The molecule has 1 fully saturated rings. The van der Waals surface area contributed by atoms with Crippen LogP contribution in [0.1, 0.15) is 37.7 Å². The number of aliphatic hydroxyl groups excluding tert-OH is 1. The smallest absolute Gasteiger partial charge is 0.237 e. The summed E-state index contributed by atoms with van der Waals surface area (Å²) in [5.74, 6) is -0.0892. The molecule has 146 valence electrons. The molecule has 1 saturated carbocycles. The van der Waals surface area contributed by atoms with Gasteiger partial charge in [0.15, 0.2) is 0 Å². The third-order valence-electron chi connectivity index (χ3n) is 4.91. The van der Waals surface area contributed by atoms with Gasteiger partial charge in [0.1, 0.15) is 0 Å². The third kappa shape index (κ3) is 7.58. The first-order valence-corrected chi connectivity index (χ1v) is 11.4. The van der Waals surface area contributed by atoms with Gasteiger partial charge in [0.05, 0.1) is 18.3 Å². The predicted molar refractivity (Wildman–Crippen MR) is 103 cm³/mol. The lowest BCUT2D eigenvalue weighted by atomic mass is 9.91. The fraction of sp³-hybridized carbons (Fsp3) is 0.632. The van der Waals surface area contributed by atoms with Crippen molar-refractivity contribution in [1.82, 2.24) is 5.32 Å². The van der Waals surface area contributed by atoms with E-state index in [2.05, 4.69) is 5.32 Å². The molecule has 0 aliphatic heterocycles. The maximum Gasteiger partial charge on any atom is 0.237 e. The van der Waals surface area contributed by atoms with Crippen molar-refractivity contribution in [3.63, 3.8) is 0 Å². The monoisotopic (exact) mass is 382 g/mol. The van der Waals surface area contributed by atoms with Gasteiger partial charge in [0.2, 0.25) is 13.3 Å². The summed E-state index contributed by atoms with van der Waals surface area (Å²) in [6.07, 6.45) is 4.86. The van der Waals surface area contributed by atoms with E-state index in [1.165, 1.54) is 6.42 Å². The Morgan fingerprint density at radius 2 is 1.88 bits per heavy atom. The summed E-state index contributed by atoms with van der Waals surface area (Å²) < 4.78 is 12.4. The Balaban J connectivity index is 1.71. The maximum atomic E-state index is 12.4. The number of hydrogen-bond donors (Lipinski definition) is 4. The van der Waals surface area contributed by atoms with Crippen LogP contribution in [0.4, 0.5) is 0 Å². The molecule has 3 atom stereocenters. The summed E-state index contributed by atoms with van der Waals surface area (Å²) in [7, 11) is -3.39. The van der Waals surface area contributed by atoms with Crippen molar-refractivity contribution in [2.24, 2.45) is 11.7 Å². The zero-order chi connectivity index (χ0) is 19.0. The van der Waals surface area contributed by atoms with Crippen molar-refractivity contribution < 1.29 is 19.4 Å². The van der Waals surface area contributed by atoms with Crippen LogP contribution in [0.5, 0.6) is 0 Å². The molecule has 7 heteroatoms. The summed E-state index contributed by atoms with van der Waals surface area (Å²) in [4.78, 5) is 22.2. The highest BCUT2D eigenvalue weighted by atomic mass is 31.2. The van der Waals surface area contributed by atoms with Gasteiger partial charge in [-0.2, -0.15) is 0 Å². The van der Waals surface area contributed by atoms with Crippen LogP contribution in [0, 0.1) is 5.92 Å². The molecule has 1 aromatic rings. The van der Waals surface area contributed by atoms with Gasteiger partial charge in [-0.3, -0.25) is 9.36 Å². The number of carbonyl (C=O) groups excluding carboxylic acids is 1. The lowest BCUT2D eigenvalue weighted by Crippen LogP contribution is -2.45. The molecule has 1 aliphatic rings. The SMILES string of the molecule is N[C@@H](Cc1ccccc1)C(=O)NC[C@@H](O)CP(=O)(O)CC1CCCCC1. The quantitative estimate of drug-likeness (QED) is 0.487. The van der Waals surface area contributed by atoms with Crippen molar-refractivity contribution in [2.45, 2.75) is 50.7 Å². The predicted octanol–water partition coefficient (Wildman–Crippen LogP) is 1.88. The Bertz CT molecular complexity index is 605. The lowest BCUT2D eigenvalue weighted by molar-refractivity contribution is -0.122. The van der Waals surface area contributed by atoms with Crippen molar-refractivity contribution in [2.75, 3.05) is 18.9 Å². The van der Waals surface area contributed by atoms with Gasteiger partial charge in [-0.25, -0.2) is 0 Å². The van der Waals surface area contributed by atoms with E-state index in [-0.39, 0.29) is 30.7 Å². The Morgan fingerprint density at radius 3 is 2.54 bits per heavy atom. The zero-order valence-electron chi connectivity index (χ0n) is 15.2. The minimum atomic E-state index is -3.39. The fourth-order valence-electron chi connectivity index (χ4n) is 3.55. The number of aliphatic hydroxyl groups is 1. The molecule has 0 saturated heterocycles. The first-order chi connectivity index (χ1) is 12.4. The number of amides is 1. The Morgan fingerprint density at radius 1 is 1.23 bits per heavy atom. The maximum absolute atomic E-state index is 12.4. The summed E-state index contributed by atoms with van der Waals surface area (Å²) >= 11 is 0. The second kappa shape index (κ2) is 10.2. The van der Waals surface area contributed by atoms with Gasteiger partial charge in [0.25, 0.3) is 0 Å². The second-order valence-corrected chi connectivity index (χ2v) is 9.83. The molecule has 1 unspecified atom stereocenters. The highest BCUT2D eigenvalue weighted by Crippen LogP contribution is 2.45. The van der Waals surface area contributed by atoms with Crippen LogP contribution in [0.15, 0.2) is 30.3 Å². The van der Waals surface area contributed by atoms with E-state index in [1.54, 1.807) is 0 Å². The number of nitrogens with one attached hydrogen (secondary N) is 1. The van der Waals surface area contributed by atoms with Gasteiger partial charge in [-0.15, -0.1) is 0 Å². The summed E-state index contributed by atoms with van der Waals surface area (Å²) in [5.41, 5.74) is 6.85. The normalized spacial score (nSPS) is 20.1. The number of nitrogens with two attached hydrogens (primary N) is 1. The Labute approximate surface area is 155 Å². The Kier molecular flexibility index (Phi) is 8.29. The van der Waals surface area contributed by atoms with Crippen molar-refractivity contribution in [3.8, 4) is 0 Å². The number of rotatable bonds is 9. The molecule has 26 heavy (non-hydrogen) atoms. The molecule has 0 spiro atoms. The van der Waals surface area contributed by atoms with Gasteiger partial charge >= 0.3 is 0 Å². The van der Waals surface area contributed by atoms with E-state index < -0.39 is 19.5 Å². The fourth-order valence-corrected chi connectivity index (χ4v) is 5.66. The topological polar surface area (TPSA) is 113 Å². The van der Waals surface area contributed by atoms with Crippen LogP contribution in [-0.4, -0.2) is 46.9 Å². The third-order valence-corrected chi connectivity index (χ3v) is 6.99. The van der Waals surface area contributed by atoms with E-state index in [9.17, 15) is 19.4 Å². The number of benzene rings is 1. The minimum absolute atomic E-state index is 0.0590. The van der Waals surface area contributed by atoms with E-state index in [0.717, 1.165) is 31.2 Å². The average molecular weight is 382 g/mol. The van der Waals surface area contributed by atoms with Gasteiger partial charge < -0.3 is 21.1 Å². The number of hydrogen-bond acceptors (Lipinski definition) is 4. The van der Waals surface area contributed by atoms with E-state index in [0.29, 0.717) is 6.42 Å². The highest BCUT2D eigenvalue weighted by molar-refractivity contribution is 7.58. The molecule has 1 aliphatic carbocycles. The molecule has 0 aromatic heterocycles. The number of carbonyl (C=O) groups is 1. The lowest BCUT2D eigenvalue weighted by Gasteiger charge is -2.25. The summed E-state index contributed by atoms with van der Waals surface area (Å²) in [5, 5.41) is 12.6. The van der Waals surface area contributed by atoms with Crippen molar-refractivity contribution >= 4 is 13.3 Å². The van der Waals surface area contributed by atoms with Crippen LogP contribution in [0.2, 0.25) is 0 Å². The zero-order valence-corrected chi connectivity index (χ0v) is 16.1. The van der Waals surface area contributed by atoms with Crippen LogP contribution in [0.25, 0.3) is 0 Å². The van der Waals surface area contributed by atoms with Crippen LogP contribution >= 0.6 is 7.37 Å². The molecule has 0 radical (unpaired) electrons. The minimum Gasteiger partial charge on any atom is -0.391 e. The molecular formula is C19H31N2O4P. The van der Waals surface area contributed by atoms with Crippen molar-refractivity contribution in [3.05, 3.63) is 35.9 Å². The molecule has 5 N–H and O–H groups in total. The van der Waals surface area contributed by atoms with E-state index >= 15 is 0 Å². The van der Waals surface area contributed by atoms with Gasteiger partial charge in [-0.1, -0.05) is 49.6 Å². The molecule has 2 rings (SSSR count). The van der Waals surface area contributed by atoms with Crippen molar-refractivity contribution in [1.29, 1.82) is 0 Å². The molecule has 0 bridgehead atoms. The summed E-state index contributed by atoms with van der Waals surface area (Å²) in [6.45, 7) is -0.0590.